The van der Waals surface area contributed by atoms with E-state index in [0.29, 0.717) is 36.8 Å². The average Bonchev–Trinajstić information content (AvgIpc) is 3.60. The molecule has 12 heteroatoms. The van der Waals surface area contributed by atoms with Crippen LogP contribution >= 0.6 is 11.3 Å². The highest BCUT2D eigenvalue weighted by Crippen LogP contribution is 2.31. The summed E-state index contributed by atoms with van der Waals surface area (Å²) in [7, 11) is 5.17. The molecule has 1 fully saturated rings. The molecule has 0 saturated carbocycles. The van der Waals surface area contributed by atoms with Gasteiger partial charge in [-0.15, -0.1) is 11.3 Å². The van der Waals surface area contributed by atoms with Crippen LogP contribution in [0.2, 0.25) is 6.04 Å². The van der Waals surface area contributed by atoms with Crippen LogP contribution in [-0.4, -0.2) is 69.2 Å². The van der Waals surface area contributed by atoms with Gasteiger partial charge in [-0.2, -0.15) is 5.26 Å². The number of aryl methyl sites for hydroxylation is 1. The van der Waals surface area contributed by atoms with Crippen LogP contribution < -0.4 is 11.1 Å². The Hall–Kier alpha value is -3.40. The second kappa shape index (κ2) is 11.8. The number of rotatable bonds is 8. The molecule has 1 aliphatic rings. The van der Waals surface area contributed by atoms with Crippen molar-refractivity contribution in [1.82, 2.24) is 14.8 Å². The number of nitrogens with one attached hydrogen (secondary N) is 1. The van der Waals surface area contributed by atoms with Crippen LogP contribution in [-0.2, 0) is 27.7 Å². The molecule has 10 nitrogen and oxygen atoms in total. The predicted molar refractivity (Wildman–Crippen MR) is 148 cm³/mol. The van der Waals surface area contributed by atoms with Crippen LogP contribution in [0.5, 0.6) is 0 Å². The monoisotopic (exact) mass is 567 g/mol. The van der Waals surface area contributed by atoms with Crippen molar-refractivity contribution in [2.45, 2.75) is 50.9 Å². The molecule has 3 heterocycles. The Bertz CT molecular complexity index is 1450. The van der Waals surface area contributed by atoms with Crippen LogP contribution in [0.15, 0.2) is 39.5 Å². The fourth-order valence-corrected chi connectivity index (χ4v) is 5.85. The van der Waals surface area contributed by atoms with Gasteiger partial charge in [0.1, 0.15) is 18.2 Å². The predicted octanol–water partition coefficient (Wildman–Crippen LogP) is 3.25. The second-order valence-corrected chi connectivity index (χ2v) is 12.1. The third-order valence-electron chi connectivity index (χ3n) is 6.40. The van der Waals surface area contributed by atoms with Gasteiger partial charge in [0.15, 0.2) is 5.58 Å². The lowest BCUT2D eigenvalue weighted by atomic mass is 10.0. The summed E-state index contributed by atoms with van der Waals surface area (Å²) >= 11 is 1.50. The Morgan fingerprint density at radius 1 is 1.31 bits per heavy atom. The Morgan fingerprint density at radius 3 is 2.77 bits per heavy atom. The minimum absolute atomic E-state index is 0.0157. The maximum Gasteiger partial charge on any atom is 0.419 e. The largest absolute Gasteiger partial charge is 0.444 e. The van der Waals surface area contributed by atoms with Gasteiger partial charge in [0, 0.05) is 39.4 Å². The average molecular weight is 568 g/mol. The zero-order valence-corrected chi connectivity index (χ0v) is 24.2. The fraction of sp³-hybridized carbons (Fsp3) is 0.481. The van der Waals surface area contributed by atoms with E-state index in [2.05, 4.69) is 21.6 Å². The molecule has 2 aromatic heterocycles. The Kier molecular flexibility index (Phi) is 8.63. The molecule has 2 amide bonds. The Morgan fingerprint density at radius 2 is 2.08 bits per heavy atom. The van der Waals surface area contributed by atoms with Gasteiger partial charge < -0.3 is 19.2 Å². The van der Waals surface area contributed by atoms with Gasteiger partial charge in [0.05, 0.1) is 30.8 Å². The van der Waals surface area contributed by atoms with Crippen molar-refractivity contribution in [3.8, 4) is 16.5 Å². The highest BCUT2D eigenvalue weighted by atomic mass is 32.1. The zero-order valence-electron chi connectivity index (χ0n) is 22.4. The first kappa shape index (κ1) is 28.6. The summed E-state index contributed by atoms with van der Waals surface area (Å²) in [6.07, 6.45) is -0.288. The van der Waals surface area contributed by atoms with Gasteiger partial charge in [-0.1, -0.05) is 6.04 Å². The molecule has 205 valence electrons. The van der Waals surface area contributed by atoms with Crippen LogP contribution in [0.1, 0.15) is 25.6 Å². The van der Waals surface area contributed by atoms with E-state index in [1.807, 2.05) is 24.3 Å². The van der Waals surface area contributed by atoms with Gasteiger partial charge >= 0.3 is 11.8 Å². The molecule has 39 heavy (non-hydrogen) atoms. The summed E-state index contributed by atoms with van der Waals surface area (Å²) in [6.45, 7) is 5.84. The van der Waals surface area contributed by atoms with E-state index in [1.54, 1.807) is 33.9 Å². The summed E-state index contributed by atoms with van der Waals surface area (Å²) in [5.74, 6) is -0.855. The highest BCUT2D eigenvalue weighted by Gasteiger charge is 2.38. The number of hydrogen-bond acceptors (Lipinski definition) is 8. The number of carbonyl (C=O) groups is 2. The van der Waals surface area contributed by atoms with E-state index in [9.17, 15) is 19.6 Å². The van der Waals surface area contributed by atoms with Crippen molar-refractivity contribution in [3.63, 3.8) is 0 Å². The normalized spacial score (nSPS) is 18.1. The van der Waals surface area contributed by atoms with Gasteiger partial charge in [-0.05, 0) is 56.7 Å². The molecule has 0 aliphatic carbocycles. The fourth-order valence-electron chi connectivity index (χ4n) is 4.41. The number of aromatic nitrogens is 1. The molecular weight excluding hydrogens is 536 g/mol. The first-order chi connectivity index (χ1) is 18.5. The van der Waals surface area contributed by atoms with E-state index < -0.39 is 29.4 Å². The molecule has 3 radical (unpaired) electrons. The van der Waals surface area contributed by atoms with Gasteiger partial charge in [0.25, 0.3) is 0 Å². The van der Waals surface area contributed by atoms with Crippen LogP contribution in [0, 0.1) is 17.2 Å². The lowest BCUT2D eigenvalue weighted by Gasteiger charge is -2.33. The molecular formula is C27H31N4O6SSi. The van der Waals surface area contributed by atoms with E-state index in [-0.39, 0.29) is 18.5 Å². The van der Waals surface area contributed by atoms with Crippen molar-refractivity contribution < 1.29 is 23.5 Å². The van der Waals surface area contributed by atoms with Crippen molar-refractivity contribution in [1.29, 1.82) is 5.26 Å². The lowest BCUT2D eigenvalue weighted by Crippen LogP contribution is -2.52. The van der Waals surface area contributed by atoms with Crippen LogP contribution in [0.25, 0.3) is 21.5 Å². The van der Waals surface area contributed by atoms with E-state index in [1.165, 1.54) is 20.8 Å². The number of ether oxygens (including phenoxy) is 2. The molecule has 3 atom stereocenters. The zero-order chi connectivity index (χ0) is 28.3. The van der Waals surface area contributed by atoms with Crippen LogP contribution in [0.4, 0.5) is 4.79 Å². The summed E-state index contributed by atoms with van der Waals surface area (Å²) in [4.78, 5) is 41.1. The maximum absolute atomic E-state index is 13.0. The molecule has 3 aromatic rings. The molecule has 1 N–H and O–H groups in total. The Labute approximate surface area is 233 Å². The molecule has 1 saturated heterocycles. The number of benzene rings is 1. The molecule has 0 unspecified atom stereocenters. The summed E-state index contributed by atoms with van der Waals surface area (Å²) in [5, 5.41) is 12.5. The quantitative estimate of drug-likeness (QED) is 0.414. The molecule has 1 aliphatic heterocycles. The minimum atomic E-state index is -0.784. The number of oxazole rings is 1. The van der Waals surface area contributed by atoms with Gasteiger partial charge in [-0.25, -0.2) is 9.59 Å². The Balaban J connectivity index is 1.43. The third-order valence-corrected chi connectivity index (χ3v) is 8.08. The number of thiophene rings is 1. The lowest BCUT2D eigenvalue weighted by molar-refractivity contribution is -0.123. The number of carbonyl (C=O) groups excluding carboxylic acids is 2. The van der Waals surface area contributed by atoms with Gasteiger partial charge in [0.2, 0.25) is 5.91 Å². The number of nitriles is 1. The third kappa shape index (κ3) is 6.79. The van der Waals surface area contributed by atoms with Crippen molar-refractivity contribution in [3.05, 3.63) is 45.8 Å². The maximum atomic E-state index is 13.0. The highest BCUT2D eigenvalue weighted by molar-refractivity contribution is 7.15. The van der Waals surface area contributed by atoms with E-state index >= 15 is 0 Å². The standard InChI is InChI=1S/C27H31N4O6SSi/c1-27(2,3)37-26(34)31(21-14-35-13-17(21)15-39)12-24(32)29-18(11-28)10-19-6-8-23(38-19)16-5-7-22-20(9-16)30(4)25(33)36-22/h5-9,17-18,21H,10,12-15H2,1-4H3,(H,29,32)/t17-,18-,21-/m0/s1. The topological polar surface area (TPSA) is 127 Å². The van der Waals surface area contributed by atoms with E-state index in [4.69, 9.17) is 13.9 Å². The van der Waals surface area contributed by atoms with Gasteiger partial charge in [-0.3, -0.25) is 14.3 Å². The number of nitrogens with zero attached hydrogens (tertiary/aromatic N) is 3. The molecule has 0 bridgehead atoms. The minimum Gasteiger partial charge on any atom is -0.444 e. The number of amides is 2. The van der Waals surface area contributed by atoms with Crippen molar-refractivity contribution in [2.24, 2.45) is 13.0 Å². The molecule has 1 aromatic carbocycles. The first-order valence-electron chi connectivity index (χ1n) is 12.6. The molecule has 0 spiro atoms. The number of hydrogen-bond donors (Lipinski definition) is 1. The first-order valence-corrected chi connectivity index (χ1v) is 14.1. The number of fused-ring (bicyclic) bond motifs is 1. The van der Waals surface area contributed by atoms with E-state index in [0.717, 1.165) is 15.3 Å². The summed E-state index contributed by atoms with van der Waals surface area (Å²) in [6, 6.07) is 11.0. The molecule has 4 rings (SSSR count). The smallest absolute Gasteiger partial charge is 0.419 e. The summed E-state index contributed by atoms with van der Waals surface area (Å²) < 4.78 is 17.8. The SMILES string of the molecule is Cn1c(=O)oc2ccc(-c3ccc(C[C@@H](C#N)NC(=O)CN(C(=O)OC(C)(C)C)[C@H]4COC[C@H]4C[Si])s3)cc21. The summed E-state index contributed by atoms with van der Waals surface area (Å²) in [5.41, 5.74) is 1.40. The van der Waals surface area contributed by atoms with Crippen molar-refractivity contribution in [2.75, 3.05) is 19.8 Å². The van der Waals surface area contributed by atoms with Crippen molar-refractivity contribution >= 4 is 44.7 Å². The second-order valence-electron chi connectivity index (χ2n) is 10.5. The van der Waals surface area contributed by atoms with Crippen LogP contribution in [0.3, 0.4) is 0 Å².